The van der Waals surface area contributed by atoms with Crippen LogP contribution in [0.4, 0.5) is 0 Å². The van der Waals surface area contributed by atoms with E-state index in [2.05, 4.69) is 16.9 Å². The normalized spacial score (nSPS) is 27.9. The first-order valence-corrected chi connectivity index (χ1v) is 8.04. The van der Waals surface area contributed by atoms with Gasteiger partial charge in [-0.1, -0.05) is 19.3 Å². The molecule has 1 heterocycles. The Kier molecular flexibility index (Phi) is 4.74. The monoisotopic (exact) mass is 256 g/mol. The Balaban J connectivity index is 1.80. The van der Waals surface area contributed by atoms with Crippen LogP contribution >= 0.6 is 11.8 Å². The van der Waals surface area contributed by atoms with Crippen LogP contribution < -0.4 is 10.6 Å². The zero-order chi connectivity index (χ0) is 12.1. The Bertz CT molecular complexity index is 258. The highest BCUT2D eigenvalue weighted by Crippen LogP contribution is 2.37. The van der Waals surface area contributed by atoms with Gasteiger partial charge >= 0.3 is 0 Å². The van der Waals surface area contributed by atoms with Gasteiger partial charge in [-0.3, -0.25) is 4.79 Å². The van der Waals surface area contributed by atoms with Gasteiger partial charge in [0.15, 0.2) is 0 Å². The third kappa shape index (κ3) is 3.38. The quantitative estimate of drug-likeness (QED) is 0.807. The van der Waals surface area contributed by atoms with Crippen LogP contribution in [0, 0.1) is 0 Å². The van der Waals surface area contributed by atoms with Crippen molar-refractivity contribution in [2.24, 2.45) is 0 Å². The largest absolute Gasteiger partial charge is 0.353 e. The van der Waals surface area contributed by atoms with E-state index in [1.165, 1.54) is 32.1 Å². The van der Waals surface area contributed by atoms with Gasteiger partial charge in [0.1, 0.15) is 0 Å². The number of carbonyl (C=O) groups excluding carboxylic acids is 1. The Hall–Kier alpha value is -0.220. The summed E-state index contributed by atoms with van der Waals surface area (Å²) < 4.78 is 0.312. The SMILES string of the molecule is CSC1(CNC(=O)C2CCCN2)CCCCC1. The van der Waals surface area contributed by atoms with E-state index < -0.39 is 0 Å². The predicted molar refractivity (Wildman–Crippen MR) is 73.4 cm³/mol. The molecule has 4 heteroatoms. The molecule has 0 radical (unpaired) electrons. The van der Waals surface area contributed by atoms with E-state index in [9.17, 15) is 4.79 Å². The van der Waals surface area contributed by atoms with Crippen molar-refractivity contribution < 1.29 is 4.79 Å². The summed E-state index contributed by atoms with van der Waals surface area (Å²) in [6, 6.07) is 0.0671. The minimum Gasteiger partial charge on any atom is -0.353 e. The van der Waals surface area contributed by atoms with Crippen LogP contribution in [0.2, 0.25) is 0 Å². The second kappa shape index (κ2) is 6.10. The summed E-state index contributed by atoms with van der Waals surface area (Å²) in [6.07, 6.45) is 10.8. The van der Waals surface area contributed by atoms with Crippen molar-refractivity contribution >= 4 is 17.7 Å². The number of nitrogens with one attached hydrogen (secondary N) is 2. The maximum absolute atomic E-state index is 12.0. The zero-order valence-corrected chi connectivity index (χ0v) is 11.6. The van der Waals surface area contributed by atoms with E-state index in [1.54, 1.807) is 0 Å². The molecule has 1 aliphatic heterocycles. The zero-order valence-electron chi connectivity index (χ0n) is 10.8. The van der Waals surface area contributed by atoms with E-state index >= 15 is 0 Å². The van der Waals surface area contributed by atoms with E-state index in [1.807, 2.05) is 11.8 Å². The van der Waals surface area contributed by atoms with Crippen molar-refractivity contribution in [1.29, 1.82) is 0 Å². The molecule has 0 aromatic heterocycles. The van der Waals surface area contributed by atoms with Gasteiger partial charge in [-0.2, -0.15) is 11.8 Å². The first kappa shape index (κ1) is 13.2. The summed E-state index contributed by atoms with van der Waals surface area (Å²) in [5.41, 5.74) is 0. The summed E-state index contributed by atoms with van der Waals surface area (Å²) in [5, 5.41) is 6.42. The van der Waals surface area contributed by atoms with Crippen molar-refractivity contribution in [3.63, 3.8) is 0 Å². The standard InChI is InChI=1S/C13H24N2OS/c1-17-13(7-3-2-4-8-13)10-15-12(16)11-6-5-9-14-11/h11,14H,2-10H2,1H3,(H,15,16). The molecule has 0 aromatic rings. The molecule has 2 N–H and O–H groups in total. The molecule has 2 aliphatic rings. The molecule has 98 valence electrons. The van der Waals surface area contributed by atoms with Gasteiger partial charge in [-0.15, -0.1) is 0 Å². The van der Waals surface area contributed by atoms with E-state index in [0.717, 1.165) is 25.9 Å². The van der Waals surface area contributed by atoms with Gasteiger partial charge in [0, 0.05) is 11.3 Å². The maximum atomic E-state index is 12.0. The molecule has 17 heavy (non-hydrogen) atoms. The fourth-order valence-corrected chi connectivity index (χ4v) is 3.84. The van der Waals surface area contributed by atoms with Crippen molar-refractivity contribution in [2.75, 3.05) is 19.3 Å². The summed E-state index contributed by atoms with van der Waals surface area (Å²) >= 11 is 1.94. The Labute approximate surface area is 108 Å². The Morgan fingerprint density at radius 3 is 2.71 bits per heavy atom. The van der Waals surface area contributed by atoms with Gasteiger partial charge in [0.25, 0.3) is 0 Å². The topological polar surface area (TPSA) is 41.1 Å². The molecule has 2 fully saturated rings. The average molecular weight is 256 g/mol. The van der Waals surface area contributed by atoms with E-state index in [-0.39, 0.29) is 11.9 Å². The molecule has 1 amide bonds. The van der Waals surface area contributed by atoms with Crippen molar-refractivity contribution in [3.05, 3.63) is 0 Å². The van der Waals surface area contributed by atoms with Gasteiger partial charge in [0.05, 0.1) is 6.04 Å². The molecule has 1 unspecified atom stereocenters. The minimum atomic E-state index is 0.0671. The molecule has 1 saturated heterocycles. The first-order valence-electron chi connectivity index (χ1n) is 6.82. The number of hydrogen-bond acceptors (Lipinski definition) is 3. The maximum Gasteiger partial charge on any atom is 0.237 e. The number of carbonyl (C=O) groups is 1. The van der Waals surface area contributed by atoms with Gasteiger partial charge < -0.3 is 10.6 Å². The van der Waals surface area contributed by atoms with Crippen molar-refractivity contribution in [3.8, 4) is 0 Å². The summed E-state index contributed by atoms with van der Waals surface area (Å²) in [5.74, 6) is 0.210. The number of amides is 1. The smallest absolute Gasteiger partial charge is 0.237 e. The van der Waals surface area contributed by atoms with Crippen LogP contribution in [-0.2, 0) is 4.79 Å². The fourth-order valence-electron chi connectivity index (χ4n) is 2.93. The van der Waals surface area contributed by atoms with Gasteiger partial charge in [-0.05, 0) is 38.5 Å². The van der Waals surface area contributed by atoms with Crippen molar-refractivity contribution in [2.45, 2.75) is 55.7 Å². The molecule has 1 aliphatic carbocycles. The third-order valence-corrected chi connectivity index (χ3v) is 5.58. The van der Waals surface area contributed by atoms with Crippen molar-refractivity contribution in [1.82, 2.24) is 10.6 Å². The second-order valence-electron chi connectivity index (χ2n) is 5.31. The number of thioether (sulfide) groups is 1. The highest BCUT2D eigenvalue weighted by molar-refractivity contribution is 8.00. The first-order chi connectivity index (χ1) is 8.26. The van der Waals surface area contributed by atoms with Crippen LogP contribution in [0.15, 0.2) is 0 Å². The lowest BCUT2D eigenvalue weighted by atomic mass is 9.88. The van der Waals surface area contributed by atoms with E-state index in [4.69, 9.17) is 0 Å². The molecule has 1 atom stereocenters. The van der Waals surface area contributed by atoms with Crippen LogP contribution in [0.3, 0.4) is 0 Å². The molecular weight excluding hydrogens is 232 g/mol. The lowest BCUT2D eigenvalue weighted by molar-refractivity contribution is -0.122. The highest BCUT2D eigenvalue weighted by atomic mass is 32.2. The van der Waals surface area contributed by atoms with Crippen LogP contribution in [0.5, 0.6) is 0 Å². The number of hydrogen-bond donors (Lipinski definition) is 2. The lowest BCUT2D eigenvalue weighted by Crippen LogP contribution is -2.47. The highest BCUT2D eigenvalue weighted by Gasteiger charge is 2.32. The van der Waals surface area contributed by atoms with Gasteiger partial charge in [-0.25, -0.2) is 0 Å². The fraction of sp³-hybridized carbons (Fsp3) is 0.923. The molecule has 0 spiro atoms. The molecular formula is C13H24N2OS. The van der Waals surface area contributed by atoms with Crippen LogP contribution in [-0.4, -0.2) is 36.0 Å². The lowest BCUT2D eigenvalue weighted by Gasteiger charge is -2.36. The Morgan fingerprint density at radius 2 is 2.12 bits per heavy atom. The van der Waals surface area contributed by atoms with Crippen LogP contribution in [0.1, 0.15) is 44.9 Å². The van der Waals surface area contributed by atoms with E-state index in [0.29, 0.717) is 4.75 Å². The molecule has 3 nitrogen and oxygen atoms in total. The predicted octanol–water partition coefficient (Wildman–Crippen LogP) is 1.92. The summed E-state index contributed by atoms with van der Waals surface area (Å²) in [7, 11) is 0. The van der Waals surface area contributed by atoms with Crippen LogP contribution in [0.25, 0.3) is 0 Å². The molecule has 2 rings (SSSR count). The van der Waals surface area contributed by atoms with Gasteiger partial charge in [0.2, 0.25) is 5.91 Å². The third-order valence-electron chi connectivity index (χ3n) is 4.16. The molecule has 0 bridgehead atoms. The summed E-state index contributed by atoms with van der Waals surface area (Å²) in [6.45, 7) is 1.84. The molecule has 0 aromatic carbocycles. The average Bonchev–Trinajstić information content (AvgIpc) is 2.91. The second-order valence-corrected chi connectivity index (χ2v) is 6.59. The minimum absolute atomic E-state index is 0.0671. The Morgan fingerprint density at radius 1 is 1.35 bits per heavy atom. The summed E-state index contributed by atoms with van der Waals surface area (Å²) in [4.78, 5) is 12.0. The number of rotatable bonds is 4. The molecule has 1 saturated carbocycles.